The summed E-state index contributed by atoms with van der Waals surface area (Å²) in [6.45, 7) is 3.55. The number of hydrogen-bond acceptors (Lipinski definition) is 7. The smallest absolute Gasteiger partial charge is 0.247 e. The Morgan fingerprint density at radius 3 is 2.77 bits per heavy atom. The minimum Gasteiger partial charge on any atom is -0.446 e. The van der Waals surface area contributed by atoms with Crippen LogP contribution in [0.15, 0.2) is 40.9 Å². The van der Waals surface area contributed by atoms with Crippen LogP contribution in [0.2, 0.25) is 0 Å². The van der Waals surface area contributed by atoms with Crippen molar-refractivity contribution in [3.8, 4) is 17.1 Å². The van der Waals surface area contributed by atoms with E-state index in [-0.39, 0.29) is 5.91 Å². The molecule has 4 rings (SSSR count). The fourth-order valence-corrected chi connectivity index (χ4v) is 4.19. The maximum absolute atomic E-state index is 12.6. The van der Waals surface area contributed by atoms with Crippen molar-refractivity contribution >= 4 is 34.7 Å². The lowest BCUT2D eigenvalue weighted by atomic mass is 10.1. The van der Waals surface area contributed by atoms with Gasteiger partial charge in [-0.1, -0.05) is 30.0 Å². The predicted molar refractivity (Wildman–Crippen MR) is 103 cm³/mol. The molecule has 0 bridgehead atoms. The van der Waals surface area contributed by atoms with Crippen LogP contribution in [-0.2, 0) is 4.79 Å². The summed E-state index contributed by atoms with van der Waals surface area (Å²) in [5.41, 5.74) is 3.13. The number of carbonyl (C=O) groups is 1. The molecule has 3 aromatic rings. The predicted octanol–water partition coefficient (Wildman–Crippen LogP) is 4.07. The summed E-state index contributed by atoms with van der Waals surface area (Å²) >= 11 is 2.95. The molecule has 3 heterocycles. The van der Waals surface area contributed by atoms with Crippen molar-refractivity contribution in [3.63, 3.8) is 0 Å². The van der Waals surface area contributed by atoms with Gasteiger partial charge in [0.2, 0.25) is 23.2 Å². The van der Waals surface area contributed by atoms with Gasteiger partial charge in [0.05, 0.1) is 10.6 Å². The SMILES string of the molecule is CSc1nnc2c(n1)OC(c1sccc1C)N(C(C)=O)c1ccccc1-2. The van der Waals surface area contributed by atoms with Crippen molar-refractivity contribution in [1.29, 1.82) is 0 Å². The summed E-state index contributed by atoms with van der Waals surface area (Å²) in [7, 11) is 0. The Labute approximate surface area is 159 Å². The summed E-state index contributed by atoms with van der Waals surface area (Å²) < 4.78 is 6.27. The van der Waals surface area contributed by atoms with E-state index in [4.69, 9.17) is 4.74 Å². The van der Waals surface area contributed by atoms with Gasteiger partial charge in [0.15, 0.2) is 5.69 Å². The van der Waals surface area contributed by atoms with Crippen LogP contribution in [0, 0.1) is 6.92 Å². The Morgan fingerprint density at radius 1 is 1.27 bits per heavy atom. The molecule has 6 nitrogen and oxygen atoms in total. The monoisotopic (exact) mass is 384 g/mol. The normalized spacial score (nSPS) is 15.7. The van der Waals surface area contributed by atoms with E-state index in [9.17, 15) is 4.79 Å². The summed E-state index contributed by atoms with van der Waals surface area (Å²) in [4.78, 5) is 19.7. The third-order valence-corrected chi connectivity index (χ3v) is 5.75. The van der Waals surface area contributed by atoms with Gasteiger partial charge in [-0.25, -0.2) is 0 Å². The highest BCUT2D eigenvalue weighted by atomic mass is 32.2. The summed E-state index contributed by atoms with van der Waals surface area (Å²) in [6.07, 6.45) is 1.29. The zero-order valence-corrected chi connectivity index (χ0v) is 16.1. The van der Waals surface area contributed by atoms with Crippen molar-refractivity contribution in [1.82, 2.24) is 15.2 Å². The van der Waals surface area contributed by atoms with Gasteiger partial charge in [0, 0.05) is 12.5 Å². The van der Waals surface area contributed by atoms with Gasteiger partial charge >= 0.3 is 0 Å². The zero-order chi connectivity index (χ0) is 18.3. The van der Waals surface area contributed by atoms with Crippen LogP contribution in [0.3, 0.4) is 0 Å². The lowest BCUT2D eigenvalue weighted by molar-refractivity contribution is -0.118. The maximum Gasteiger partial charge on any atom is 0.247 e. The Balaban J connectivity index is 1.99. The number of anilines is 1. The van der Waals surface area contributed by atoms with Crippen molar-refractivity contribution < 1.29 is 9.53 Å². The number of rotatable bonds is 2. The number of nitrogens with zero attached hydrogens (tertiary/aromatic N) is 4. The van der Waals surface area contributed by atoms with E-state index in [1.54, 1.807) is 23.2 Å². The largest absolute Gasteiger partial charge is 0.446 e. The molecule has 8 heteroatoms. The van der Waals surface area contributed by atoms with Gasteiger partial charge in [0.25, 0.3) is 0 Å². The molecule has 0 saturated carbocycles. The second-order valence-corrected chi connectivity index (χ2v) is 7.52. The van der Waals surface area contributed by atoms with Crippen LogP contribution in [-0.4, -0.2) is 27.3 Å². The maximum atomic E-state index is 12.6. The number of fused-ring (bicyclic) bond motifs is 3. The first-order valence-corrected chi connectivity index (χ1v) is 10.1. The van der Waals surface area contributed by atoms with Crippen molar-refractivity contribution in [2.24, 2.45) is 0 Å². The minimum absolute atomic E-state index is 0.110. The molecular formula is C18H16N4O2S2. The first-order valence-electron chi connectivity index (χ1n) is 7.98. The molecule has 2 aromatic heterocycles. The molecule has 1 amide bonds. The molecule has 1 atom stereocenters. The number of hydrogen-bond donors (Lipinski definition) is 0. The molecule has 1 aliphatic heterocycles. The molecule has 132 valence electrons. The molecule has 0 radical (unpaired) electrons. The van der Waals surface area contributed by atoms with Crippen LogP contribution < -0.4 is 9.64 Å². The molecular weight excluding hydrogens is 368 g/mol. The van der Waals surface area contributed by atoms with E-state index in [0.717, 1.165) is 21.7 Å². The second-order valence-electron chi connectivity index (χ2n) is 5.80. The molecule has 0 saturated heterocycles. The van der Waals surface area contributed by atoms with Crippen molar-refractivity contribution in [2.75, 3.05) is 11.2 Å². The average molecular weight is 384 g/mol. The van der Waals surface area contributed by atoms with Crippen LogP contribution in [0.5, 0.6) is 5.88 Å². The molecule has 0 spiro atoms. The quantitative estimate of drug-likeness (QED) is 0.620. The standard InChI is InChI=1S/C18H16N4O2S2/c1-10-8-9-26-15(10)17-22(11(2)23)13-7-5-4-6-12(13)14-16(24-17)19-18(25-3)21-20-14/h4-9,17H,1-3H3. The number of benzene rings is 1. The number of ether oxygens (including phenoxy) is 1. The first kappa shape index (κ1) is 17.0. The lowest BCUT2D eigenvalue weighted by Crippen LogP contribution is -2.35. The average Bonchev–Trinajstić information content (AvgIpc) is 3.00. The number of aromatic nitrogens is 3. The van der Waals surface area contributed by atoms with E-state index in [0.29, 0.717) is 16.7 Å². The highest BCUT2D eigenvalue weighted by Gasteiger charge is 2.35. The lowest BCUT2D eigenvalue weighted by Gasteiger charge is -2.29. The molecule has 0 N–H and O–H groups in total. The van der Waals surface area contributed by atoms with Crippen molar-refractivity contribution in [3.05, 3.63) is 46.2 Å². The number of aryl methyl sites for hydroxylation is 1. The minimum atomic E-state index is -0.596. The van der Waals surface area contributed by atoms with Gasteiger partial charge in [0.1, 0.15) is 0 Å². The Hall–Kier alpha value is -2.45. The van der Waals surface area contributed by atoms with Gasteiger partial charge in [-0.15, -0.1) is 21.5 Å². The molecule has 26 heavy (non-hydrogen) atoms. The summed E-state index contributed by atoms with van der Waals surface area (Å²) in [5.74, 6) is 0.277. The third kappa shape index (κ3) is 2.75. The number of amides is 1. The van der Waals surface area contributed by atoms with Gasteiger partial charge in [-0.3, -0.25) is 9.69 Å². The van der Waals surface area contributed by atoms with Crippen LogP contribution in [0.4, 0.5) is 5.69 Å². The van der Waals surface area contributed by atoms with Crippen LogP contribution in [0.25, 0.3) is 11.3 Å². The van der Waals surface area contributed by atoms with Crippen molar-refractivity contribution in [2.45, 2.75) is 25.2 Å². The topological polar surface area (TPSA) is 68.2 Å². The number of carbonyl (C=O) groups excluding carboxylic acids is 1. The van der Waals surface area contributed by atoms with Crippen LogP contribution >= 0.6 is 23.1 Å². The molecule has 1 aliphatic rings. The van der Waals surface area contributed by atoms with E-state index < -0.39 is 6.23 Å². The third-order valence-electron chi connectivity index (χ3n) is 4.16. The Bertz CT molecular complexity index is 989. The summed E-state index contributed by atoms with van der Waals surface area (Å²) in [5, 5.41) is 11.0. The van der Waals surface area contributed by atoms with E-state index in [1.165, 1.54) is 11.8 Å². The van der Waals surface area contributed by atoms with Gasteiger partial charge in [-0.2, -0.15) is 4.98 Å². The zero-order valence-electron chi connectivity index (χ0n) is 14.5. The molecule has 1 aromatic carbocycles. The second kappa shape index (κ2) is 6.69. The molecule has 1 unspecified atom stereocenters. The highest BCUT2D eigenvalue weighted by molar-refractivity contribution is 7.98. The van der Waals surface area contributed by atoms with E-state index >= 15 is 0 Å². The first-order chi connectivity index (χ1) is 12.6. The number of thioether (sulfide) groups is 1. The molecule has 0 aliphatic carbocycles. The molecule has 0 fully saturated rings. The van der Waals surface area contributed by atoms with Crippen LogP contribution in [0.1, 0.15) is 23.6 Å². The Kier molecular flexibility index (Phi) is 4.37. The number of thiophene rings is 1. The van der Waals surface area contributed by atoms with E-state index in [2.05, 4.69) is 15.2 Å². The van der Waals surface area contributed by atoms with E-state index in [1.807, 2.05) is 48.9 Å². The van der Waals surface area contributed by atoms with Gasteiger partial charge in [-0.05, 0) is 36.3 Å². The Morgan fingerprint density at radius 2 is 2.08 bits per heavy atom. The fourth-order valence-electron chi connectivity index (χ4n) is 2.95. The summed E-state index contributed by atoms with van der Waals surface area (Å²) in [6, 6.07) is 9.63. The highest BCUT2D eigenvalue weighted by Crippen LogP contribution is 2.44. The fraction of sp³-hybridized carbons (Fsp3) is 0.222. The van der Waals surface area contributed by atoms with Gasteiger partial charge < -0.3 is 4.74 Å². The number of para-hydroxylation sites is 1.